The van der Waals surface area contributed by atoms with Crippen molar-refractivity contribution in [1.29, 1.82) is 10.5 Å². The molecule has 0 radical (unpaired) electrons. The van der Waals surface area contributed by atoms with E-state index in [4.69, 9.17) is 14.7 Å². The summed E-state index contributed by atoms with van der Waals surface area (Å²) in [6.45, 7) is 0. The predicted molar refractivity (Wildman–Crippen MR) is 215 cm³/mol. The predicted octanol–water partition coefficient (Wildman–Crippen LogP) is 10.3. The second kappa shape index (κ2) is 11.0. The molecule has 1 aliphatic carbocycles. The van der Waals surface area contributed by atoms with Crippen LogP contribution in [0.4, 0.5) is 0 Å². The highest BCUT2D eigenvalue weighted by molar-refractivity contribution is 6.11. The summed E-state index contributed by atoms with van der Waals surface area (Å²) < 4.78 is 11.9. The highest BCUT2D eigenvalue weighted by Gasteiger charge is 2.53. The lowest BCUT2D eigenvalue weighted by Crippen LogP contribution is -2.33. The molecule has 1 spiro atoms. The van der Waals surface area contributed by atoms with E-state index in [1.165, 1.54) is 0 Å². The van der Waals surface area contributed by atoms with Gasteiger partial charge >= 0.3 is 0 Å². The number of nitrogens with zero attached hydrogens (tertiary/aromatic N) is 7. The van der Waals surface area contributed by atoms with Gasteiger partial charge in [-0.25, -0.2) is 0 Å². The van der Waals surface area contributed by atoms with E-state index in [-0.39, 0.29) is 0 Å². The molecule has 0 unspecified atom stereocenters. The summed E-state index contributed by atoms with van der Waals surface area (Å²) in [5, 5.41) is 23.8. The zero-order valence-corrected chi connectivity index (χ0v) is 29.5. The van der Waals surface area contributed by atoms with E-state index in [2.05, 4.69) is 105 Å². The number of benzene rings is 5. The Hall–Kier alpha value is -8.07. The van der Waals surface area contributed by atoms with Crippen LogP contribution in [-0.2, 0) is 5.41 Å². The number of fused-ring (bicyclic) bond motifs is 15. The van der Waals surface area contributed by atoms with E-state index in [1.807, 2.05) is 73.3 Å². The first-order valence-corrected chi connectivity index (χ1v) is 18.3. The molecule has 5 aromatic heterocycles. The first-order chi connectivity index (χ1) is 27.7. The lowest BCUT2D eigenvalue weighted by Gasteiger charge is -2.40. The van der Waals surface area contributed by atoms with E-state index < -0.39 is 5.41 Å². The van der Waals surface area contributed by atoms with Gasteiger partial charge in [-0.2, -0.15) is 10.5 Å². The number of para-hydroxylation sites is 3. The van der Waals surface area contributed by atoms with Gasteiger partial charge in [0.2, 0.25) is 0 Å². The van der Waals surface area contributed by atoms with Crippen molar-refractivity contribution in [3.8, 4) is 46.4 Å². The molecule has 0 fully saturated rings. The van der Waals surface area contributed by atoms with Gasteiger partial charge in [0.05, 0.1) is 79.7 Å². The van der Waals surface area contributed by atoms with E-state index in [0.29, 0.717) is 22.6 Å². The van der Waals surface area contributed by atoms with E-state index >= 15 is 0 Å². The topological polar surface area (TPSA) is 105 Å². The molecule has 258 valence electrons. The van der Waals surface area contributed by atoms with Gasteiger partial charge in [0.25, 0.3) is 0 Å². The fraction of sp³-hybridized carbons (Fsp3) is 0.0208. The molecule has 5 aromatic carbocycles. The largest absolute Gasteiger partial charge is 0.452 e. The van der Waals surface area contributed by atoms with Crippen LogP contribution >= 0.6 is 0 Å². The molecule has 10 aromatic rings. The fourth-order valence-electron chi connectivity index (χ4n) is 9.47. The lowest BCUT2D eigenvalue weighted by atomic mass is 9.66. The minimum Gasteiger partial charge on any atom is -0.452 e. The molecular weight excluding hydrogens is 691 g/mol. The minimum absolute atomic E-state index is 0.544. The Balaban J connectivity index is 1.25. The average Bonchev–Trinajstić information content (AvgIpc) is 3.87. The second-order valence-electron chi connectivity index (χ2n) is 14.2. The van der Waals surface area contributed by atoms with Crippen LogP contribution in [0.1, 0.15) is 33.4 Å². The van der Waals surface area contributed by atoms with Crippen molar-refractivity contribution in [2.24, 2.45) is 0 Å². The molecule has 0 bridgehead atoms. The third-order valence-corrected chi connectivity index (χ3v) is 11.6. The summed E-state index contributed by atoms with van der Waals surface area (Å²) in [4.78, 5) is 14.5. The van der Waals surface area contributed by atoms with Gasteiger partial charge < -0.3 is 13.9 Å². The highest BCUT2D eigenvalue weighted by atomic mass is 16.5. The minimum atomic E-state index is -0.847. The number of pyridine rings is 3. The first kappa shape index (κ1) is 30.4. The maximum atomic E-state index is 9.91. The van der Waals surface area contributed by atoms with Crippen molar-refractivity contribution in [3.63, 3.8) is 0 Å². The summed E-state index contributed by atoms with van der Waals surface area (Å²) in [5.74, 6) is 1.40. The lowest BCUT2D eigenvalue weighted by molar-refractivity contribution is 0.433. The zero-order chi connectivity index (χ0) is 37.1. The maximum absolute atomic E-state index is 9.91. The Morgan fingerprint density at radius 2 is 1.02 bits per heavy atom. The van der Waals surface area contributed by atoms with Crippen LogP contribution < -0.4 is 4.74 Å². The van der Waals surface area contributed by atoms with Crippen molar-refractivity contribution >= 4 is 43.6 Å². The number of hydrogen-bond donors (Lipinski definition) is 0. The van der Waals surface area contributed by atoms with Crippen molar-refractivity contribution < 1.29 is 4.74 Å². The summed E-state index contributed by atoms with van der Waals surface area (Å²) in [6, 6.07) is 47.6. The van der Waals surface area contributed by atoms with Crippen LogP contribution in [0.3, 0.4) is 0 Å². The summed E-state index contributed by atoms with van der Waals surface area (Å²) in [6.07, 6.45) is 7.42. The molecular formula is C48H25N7O. The van der Waals surface area contributed by atoms with Crippen molar-refractivity contribution in [1.82, 2.24) is 24.1 Å². The third-order valence-electron chi connectivity index (χ3n) is 11.6. The molecule has 0 N–H and O–H groups in total. The summed E-state index contributed by atoms with van der Waals surface area (Å²) in [5.41, 5.74) is 11.4. The SMILES string of the molecule is N#Cc1ccc2c(c1)c1cc(C#N)ccc1n2-c1cccc2c1Oc1c(-n3c4ccccc4c4ccncc43)cccc1C21c2cccnc2-c2ncccc21. The van der Waals surface area contributed by atoms with Gasteiger partial charge in [-0.3, -0.25) is 15.0 Å². The fourth-order valence-corrected chi connectivity index (χ4v) is 9.47. The summed E-state index contributed by atoms with van der Waals surface area (Å²) >= 11 is 0. The zero-order valence-electron chi connectivity index (χ0n) is 29.5. The molecule has 8 heteroatoms. The van der Waals surface area contributed by atoms with Crippen molar-refractivity contribution in [2.75, 3.05) is 0 Å². The smallest absolute Gasteiger partial charge is 0.156 e. The van der Waals surface area contributed by atoms with E-state index in [0.717, 1.165) is 88.6 Å². The van der Waals surface area contributed by atoms with Gasteiger partial charge in [-0.15, -0.1) is 0 Å². The van der Waals surface area contributed by atoms with Gasteiger partial charge in [0.1, 0.15) is 0 Å². The number of nitriles is 2. The monoisotopic (exact) mass is 715 g/mol. The quantitative estimate of drug-likeness (QED) is 0.176. The molecule has 8 nitrogen and oxygen atoms in total. The maximum Gasteiger partial charge on any atom is 0.156 e. The van der Waals surface area contributed by atoms with Crippen LogP contribution in [0.5, 0.6) is 11.5 Å². The Bertz CT molecular complexity index is 3280. The molecule has 1 aliphatic heterocycles. The molecule has 56 heavy (non-hydrogen) atoms. The molecule has 0 saturated heterocycles. The molecule has 6 heterocycles. The van der Waals surface area contributed by atoms with Crippen LogP contribution in [0.25, 0.3) is 66.4 Å². The van der Waals surface area contributed by atoms with Crippen LogP contribution in [0.2, 0.25) is 0 Å². The van der Waals surface area contributed by atoms with Crippen LogP contribution in [-0.4, -0.2) is 24.1 Å². The molecule has 0 amide bonds. The Labute approximate surface area is 319 Å². The molecule has 0 saturated carbocycles. The second-order valence-corrected chi connectivity index (χ2v) is 14.2. The van der Waals surface area contributed by atoms with Gasteiger partial charge in [-0.05, 0) is 83.9 Å². The van der Waals surface area contributed by atoms with E-state index in [1.54, 1.807) is 0 Å². The van der Waals surface area contributed by atoms with E-state index in [9.17, 15) is 10.5 Å². The number of aromatic nitrogens is 5. The summed E-state index contributed by atoms with van der Waals surface area (Å²) in [7, 11) is 0. The van der Waals surface area contributed by atoms with Crippen molar-refractivity contribution in [3.05, 3.63) is 186 Å². The van der Waals surface area contributed by atoms with Crippen molar-refractivity contribution in [2.45, 2.75) is 5.41 Å². The standard InChI is InChI=1S/C48H25N7O/c49-25-28-15-17-39-32(23-28)33-24-29(26-50)16-18-40(33)54(39)41-13-3-8-36-46(41)56-47-37(48(36)34-10-5-20-52-44(34)45-35(48)11-6-21-53-45)9-4-14-42(47)55-38-12-2-1-7-30(38)31-19-22-51-27-43(31)55/h1-24,27H. The molecule has 2 aliphatic rings. The number of rotatable bonds is 2. The normalized spacial score (nSPS) is 13.2. The van der Waals surface area contributed by atoms with Gasteiger partial charge in [0, 0.05) is 51.3 Å². The van der Waals surface area contributed by atoms with Crippen LogP contribution in [0, 0.1) is 22.7 Å². The third kappa shape index (κ3) is 3.72. The first-order valence-electron chi connectivity index (χ1n) is 18.3. The van der Waals surface area contributed by atoms with Crippen LogP contribution in [0.15, 0.2) is 152 Å². The highest BCUT2D eigenvalue weighted by Crippen LogP contribution is 2.63. The Kier molecular flexibility index (Phi) is 5.96. The Morgan fingerprint density at radius 3 is 1.62 bits per heavy atom. The van der Waals surface area contributed by atoms with Gasteiger partial charge in [-0.1, -0.05) is 54.6 Å². The van der Waals surface area contributed by atoms with Gasteiger partial charge in [0.15, 0.2) is 11.5 Å². The number of hydrogen-bond acceptors (Lipinski definition) is 6. The Morgan fingerprint density at radius 1 is 0.482 bits per heavy atom. The molecule has 12 rings (SSSR count). The molecule has 0 atom stereocenters. The average molecular weight is 716 g/mol. The number of ether oxygens (including phenoxy) is 1.